The maximum absolute atomic E-state index is 9.45. The van der Waals surface area contributed by atoms with E-state index in [2.05, 4.69) is 17.4 Å². The van der Waals surface area contributed by atoms with Crippen LogP contribution in [0.4, 0.5) is 0 Å². The lowest BCUT2D eigenvalue weighted by atomic mass is 10.0. The molecule has 23 heavy (non-hydrogen) atoms. The van der Waals surface area contributed by atoms with Gasteiger partial charge in [-0.15, -0.1) is 0 Å². The number of hydrogen-bond acceptors (Lipinski definition) is 4. The van der Waals surface area contributed by atoms with Crippen molar-refractivity contribution in [3.63, 3.8) is 0 Å². The molecule has 1 aliphatic rings. The predicted octanol–water partition coefficient (Wildman–Crippen LogP) is 3.19. The molecule has 1 heterocycles. The summed E-state index contributed by atoms with van der Waals surface area (Å²) >= 11 is 0. The van der Waals surface area contributed by atoms with Gasteiger partial charge in [0.05, 0.1) is 20.3 Å². The summed E-state index contributed by atoms with van der Waals surface area (Å²) in [4.78, 5) is 0. The van der Waals surface area contributed by atoms with Gasteiger partial charge in [-0.2, -0.15) is 0 Å². The minimum atomic E-state index is 0.0689. The van der Waals surface area contributed by atoms with Crippen molar-refractivity contribution in [3.8, 4) is 11.5 Å². The summed E-state index contributed by atoms with van der Waals surface area (Å²) in [5.74, 6) is 1.71. The van der Waals surface area contributed by atoms with Gasteiger partial charge in [-0.1, -0.05) is 30.3 Å². The molecular formula is C19H23NO3. The fraction of sp³-hybridized carbons (Fsp3) is 0.368. The summed E-state index contributed by atoms with van der Waals surface area (Å²) in [7, 11) is 1.67. The van der Waals surface area contributed by atoms with Crippen LogP contribution in [-0.2, 0) is 13.2 Å². The third-order valence-corrected chi connectivity index (χ3v) is 4.32. The third-order valence-electron chi connectivity index (χ3n) is 4.32. The lowest BCUT2D eigenvalue weighted by Gasteiger charge is -2.20. The molecule has 0 aromatic heterocycles. The topological polar surface area (TPSA) is 50.7 Å². The molecule has 3 rings (SSSR count). The van der Waals surface area contributed by atoms with Gasteiger partial charge < -0.3 is 19.9 Å². The largest absolute Gasteiger partial charge is 0.497 e. The first kappa shape index (κ1) is 15.8. The van der Waals surface area contributed by atoms with Gasteiger partial charge in [-0.3, -0.25) is 0 Å². The highest BCUT2D eigenvalue weighted by Gasteiger charge is 2.20. The normalized spacial score (nSPS) is 17.0. The monoisotopic (exact) mass is 313 g/mol. The van der Waals surface area contributed by atoms with Gasteiger partial charge in [-0.25, -0.2) is 0 Å². The molecule has 0 fully saturated rings. The van der Waals surface area contributed by atoms with Crippen LogP contribution >= 0.6 is 0 Å². The van der Waals surface area contributed by atoms with Gasteiger partial charge in [0.25, 0.3) is 0 Å². The van der Waals surface area contributed by atoms with Crippen LogP contribution in [0.2, 0.25) is 0 Å². The number of rotatable bonds is 5. The Bertz CT molecular complexity index is 657. The van der Waals surface area contributed by atoms with E-state index in [4.69, 9.17) is 9.47 Å². The van der Waals surface area contributed by atoms with Crippen LogP contribution in [0.15, 0.2) is 42.5 Å². The maximum atomic E-state index is 9.45. The lowest BCUT2D eigenvalue weighted by Crippen LogP contribution is -2.21. The van der Waals surface area contributed by atoms with Gasteiger partial charge in [0, 0.05) is 24.2 Å². The van der Waals surface area contributed by atoms with E-state index in [1.165, 1.54) is 5.56 Å². The van der Waals surface area contributed by atoms with Gasteiger partial charge >= 0.3 is 0 Å². The van der Waals surface area contributed by atoms with Gasteiger partial charge in [0.2, 0.25) is 0 Å². The standard InChI is InChI=1S/C19H23NO3/c1-22-16-8-9-17-18(7-4-10-23-19(17)11-16)20-12-14-5-2-3-6-15(14)13-21/h2-3,5-6,8-9,11,18,20-21H,4,7,10,12-13H2,1H3. The molecule has 122 valence electrons. The van der Waals surface area contributed by atoms with Crippen molar-refractivity contribution < 1.29 is 14.6 Å². The fourth-order valence-corrected chi connectivity index (χ4v) is 3.01. The molecule has 1 atom stereocenters. The Morgan fingerprint density at radius 2 is 2.04 bits per heavy atom. The number of nitrogens with one attached hydrogen (secondary N) is 1. The number of methoxy groups -OCH3 is 1. The molecule has 0 saturated heterocycles. The molecule has 0 radical (unpaired) electrons. The molecule has 4 nitrogen and oxygen atoms in total. The predicted molar refractivity (Wildman–Crippen MR) is 89.7 cm³/mol. The Morgan fingerprint density at radius 3 is 2.83 bits per heavy atom. The lowest BCUT2D eigenvalue weighted by molar-refractivity contribution is 0.280. The molecule has 1 unspecified atom stereocenters. The molecule has 2 N–H and O–H groups in total. The van der Waals surface area contributed by atoms with Crippen LogP contribution in [0.25, 0.3) is 0 Å². The van der Waals surface area contributed by atoms with Crippen molar-refractivity contribution in [2.24, 2.45) is 0 Å². The minimum Gasteiger partial charge on any atom is -0.497 e. The molecule has 0 bridgehead atoms. The maximum Gasteiger partial charge on any atom is 0.127 e. The van der Waals surface area contributed by atoms with Crippen LogP contribution in [0, 0.1) is 0 Å². The van der Waals surface area contributed by atoms with Gasteiger partial charge in [-0.05, 0) is 30.0 Å². The van der Waals surface area contributed by atoms with E-state index in [-0.39, 0.29) is 12.6 Å². The summed E-state index contributed by atoms with van der Waals surface area (Å²) in [5, 5.41) is 13.1. The molecular weight excluding hydrogens is 290 g/mol. The third kappa shape index (κ3) is 3.66. The van der Waals surface area contributed by atoms with E-state index in [1.54, 1.807) is 7.11 Å². The van der Waals surface area contributed by atoms with E-state index < -0.39 is 0 Å². The molecule has 4 heteroatoms. The van der Waals surface area contributed by atoms with Crippen LogP contribution in [0.5, 0.6) is 11.5 Å². The van der Waals surface area contributed by atoms with Crippen molar-refractivity contribution in [2.75, 3.05) is 13.7 Å². The van der Waals surface area contributed by atoms with Crippen LogP contribution in [0.1, 0.15) is 35.6 Å². The number of hydrogen-bond donors (Lipinski definition) is 2. The second kappa shape index (κ2) is 7.49. The first-order valence-electron chi connectivity index (χ1n) is 8.03. The highest BCUT2D eigenvalue weighted by molar-refractivity contribution is 5.43. The summed E-state index contributed by atoms with van der Waals surface area (Å²) in [5.41, 5.74) is 3.28. The average Bonchev–Trinajstić information content (AvgIpc) is 2.81. The molecule has 0 saturated carbocycles. The summed E-state index contributed by atoms with van der Waals surface area (Å²) in [6, 6.07) is 14.2. The van der Waals surface area contributed by atoms with Crippen molar-refractivity contribution in [2.45, 2.75) is 32.0 Å². The Kier molecular flexibility index (Phi) is 5.16. The fourth-order valence-electron chi connectivity index (χ4n) is 3.01. The van der Waals surface area contributed by atoms with Crippen LogP contribution < -0.4 is 14.8 Å². The van der Waals surface area contributed by atoms with E-state index in [9.17, 15) is 5.11 Å². The van der Waals surface area contributed by atoms with Crippen molar-refractivity contribution in [3.05, 3.63) is 59.2 Å². The van der Waals surface area contributed by atoms with Crippen molar-refractivity contribution in [1.29, 1.82) is 0 Å². The average molecular weight is 313 g/mol. The minimum absolute atomic E-state index is 0.0689. The molecule has 0 spiro atoms. The second-order valence-electron chi connectivity index (χ2n) is 5.75. The molecule has 1 aliphatic heterocycles. The quantitative estimate of drug-likeness (QED) is 0.890. The zero-order valence-corrected chi connectivity index (χ0v) is 13.4. The zero-order valence-electron chi connectivity index (χ0n) is 13.4. The zero-order chi connectivity index (χ0) is 16.1. The number of aliphatic hydroxyl groups is 1. The van der Waals surface area contributed by atoms with E-state index >= 15 is 0 Å². The Morgan fingerprint density at radius 1 is 1.22 bits per heavy atom. The Hall–Kier alpha value is -2.04. The highest BCUT2D eigenvalue weighted by Crippen LogP contribution is 2.34. The van der Waals surface area contributed by atoms with E-state index in [0.717, 1.165) is 48.6 Å². The molecule has 2 aromatic rings. The van der Waals surface area contributed by atoms with Crippen LogP contribution in [0.3, 0.4) is 0 Å². The van der Waals surface area contributed by atoms with Crippen LogP contribution in [-0.4, -0.2) is 18.8 Å². The highest BCUT2D eigenvalue weighted by atomic mass is 16.5. The number of ether oxygens (including phenoxy) is 2. The Labute approximate surface area is 137 Å². The van der Waals surface area contributed by atoms with Crippen molar-refractivity contribution >= 4 is 0 Å². The van der Waals surface area contributed by atoms with Gasteiger partial charge in [0.1, 0.15) is 11.5 Å². The second-order valence-corrected chi connectivity index (χ2v) is 5.75. The Balaban J connectivity index is 1.78. The first-order valence-corrected chi connectivity index (χ1v) is 8.03. The smallest absolute Gasteiger partial charge is 0.127 e. The van der Waals surface area contributed by atoms with E-state index in [0.29, 0.717) is 0 Å². The van der Waals surface area contributed by atoms with E-state index in [1.807, 2.05) is 30.3 Å². The van der Waals surface area contributed by atoms with Gasteiger partial charge in [0.15, 0.2) is 0 Å². The number of aliphatic hydroxyl groups excluding tert-OH is 1. The number of fused-ring (bicyclic) bond motifs is 1. The summed E-state index contributed by atoms with van der Waals surface area (Å²) < 4.78 is 11.1. The first-order chi connectivity index (χ1) is 11.3. The number of benzene rings is 2. The SMILES string of the molecule is COc1ccc2c(c1)OCCCC2NCc1ccccc1CO. The molecule has 2 aromatic carbocycles. The molecule has 0 amide bonds. The summed E-state index contributed by atoms with van der Waals surface area (Å²) in [6.07, 6.45) is 2.04. The summed E-state index contributed by atoms with van der Waals surface area (Å²) in [6.45, 7) is 1.53. The molecule has 0 aliphatic carbocycles. The van der Waals surface area contributed by atoms with Crippen molar-refractivity contribution in [1.82, 2.24) is 5.32 Å².